The van der Waals surface area contributed by atoms with Crippen LogP contribution in [0.25, 0.3) is 0 Å². The second-order valence-electron chi connectivity index (χ2n) is 5.62. The van der Waals surface area contributed by atoms with Gasteiger partial charge in [0.2, 0.25) is 5.78 Å². The van der Waals surface area contributed by atoms with E-state index in [2.05, 4.69) is 0 Å². The molecule has 108 valence electrons. The minimum Gasteiger partial charge on any atom is -0.486 e. The quantitative estimate of drug-likeness (QED) is 0.840. The van der Waals surface area contributed by atoms with E-state index in [0.29, 0.717) is 25.5 Å². The third-order valence-corrected chi connectivity index (χ3v) is 4.09. The maximum atomic E-state index is 12.4. The fraction of sp³-hybridized carbons (Fsp3) is 0.562. The van der Waals surface area contributed by atoms with Crippen LogP contribution in [0.3, 0.4) is 0 Å². The lowest BCUT2D eigenvalue weighted by Crippen LogP contribution is -3.12. The van der Waals surface area contributed by atoms with Crippen molar-refractivity contribution in [3.63, 3.8) is 0 Å². The van der Waals surface area contributed by atoms with Crippen LogP contribution in [-0.2, 0) is 0 Å². The molecule has 0 saturated carbocycles. The number of carbonyl (C=O) groups excluding carboxylic acids is 1. The van der Waals surface area contributed by atoms with E-state index < -0.39 is 0 Å². The van der Waals surface area contributed by atoms with E-state index in [-0.39, 0.29) is 5.78 Å². The molecule has 1 saturated heterocycles. The molecule has 1 aromatic carbocycles. The molecule has 1 N–H and O–H groups in total. The van der Waals surface area contributed by atoms with Crippen LogP contribution in [0.15, 0.2) is 18.2 Å². The van der Waals surface area contributed by atoms with Crippen molar-refractivity contribution in [2.24, 2.45) is 0 Å². The predicted molar refractivity (Wildman–Crippen MR) is 75.8 cm³/mol. The van der Waals surface area contributed by atoms with E-state index in [9.17, 15) is 4.79 Å². The number of likely N-dealkylation sites (tertiary alicyclic amines) is 1. The van der Waals surface area contributed by atoms with Gasteiger partial charge in [-0.05, 0) is 43.9 Å². The normalized spacial score (nSPS) is 19.4. The van der Waals surface area contributed by atoms with Gasteiger partial charge in [-0.2, -0.15) is 0 Å². The monoisotopic (exact) mass is 276 g/mol. The molecule has 0 bridgehead atoms. The number of carbonyl (C=O) groups is 1. The van der Waals surface area contributed by atoms with E-state index in [4.69, 9.17) is 9.47 Å². The maximum Gasteiger partial charge on any atom is 0.216 e. The molecular formula is C16H22NO3+. The highest BCUT2D eigenvalue weighted by Crippen LogP contribution is 2.30. The van der Waals surface area contributed by atoms with Crippen molar-refractivity contribution in [3.8, 4) is 11.5 Å². The Kier molecular flexibility index (Phi) is 4.21. The molecule has 3 rings (SSSR count). The summed E-state index contributed by atoms with van der Waals surface area (Å²) in [6, 6.07) is 5.53. The van der Waals surface area contributed by atoms with Crippen LogP contribution in [0.1, 0.15) is 36.0 Å². The minimum absolute atomic E-state index is 0.207. The van der Waals surface area contributed by atoms with Crippen molar-refractivity contribution in [1.29, 1.82) is 0 Å². The Bertz CT molecular complexity index is 479. The third kappa shape index (κ3) is 3.12. The summed E-state index contributed by atoms with van der Waals surface area (Å²) in [4.78, 5) is 13.8. The lowest BCUT2D eigenvalue weighted by molar-refractivity contribution is -0.890. The van der Waals surface area contributed by atoms with Gasteiger partial charge in [-0.1, -0.05) is 0 Å². The molecule has 4 nitrogen and oxygen atoms in total. The molecule has 2 heterocycles. The van der Waals surface area contributed by atoms with Gasteiger partial charge < -0.3 is 14.4 Å². The zero-order valence-corrected chi connectivity index (χ0v) is 11.8. The summed E-state index contributed by atoms with van der Waals surface area (Å²) < 4.78 is 11.0. The van der Waals surface area contributed by atoms with Gasteiger partial charge in [0, 0.05) is 5.56 Å². The average molecular weight is 276 g/mol. The van der Waals surface area contributed by atoms with Gasteiger partial charge in [0.1, 0.15) is 19.8 Å². The summed E-state index contributed by atoms with van der Waals surface area (Å²) in [6.07, 6.45) is 5.09. The SMILES string of the molecule is O=C(C[NH+]1CCCCCC1)c1ccc2c(c1)OCCO2. The summed E-state index contributed by atoms with van der Waals surface area (Å²) in [6.45, 7) is 3.98. The van der Waals surface area contributed by atoms with Gasteiger partial charge in [-0.3, -0.25) is 4.79 Å². The van der Waals surface area contributed by atoms with Gasteiger partial charge in [0.15, 0.2) is 11.5 Å². The van der Waals surface area contributed by atoms with Gasteiger partial charge in [-0.25, -0.2) is 0 Å². The second kappa shape index (κ2) is 6.27. The van der Waals surface area contributed by atoms with Gasteiger partial charge >= 0.3 is 0 Å². The zero-order chi connectivity index (χ0) is 13.8. The zero-order valence-electron chi connectivity index (χ0n) is 11.8. The Morgan fingerprint density at radius 3 is 2.45 bits per heavy atom. The fourth-order valence-corrected chi connectivity index (χ4v) is 2.95. The number of Topliss-reactive ketones (excluding diaryl/α,β-unsaturated/α-hetero) is 1. The summed E-state index contributed by atoms with van der Waals surface area (Å²) in [7, 11) is 0. The van der Waals surface area contributed by atoms with Crippen molar-refractivity contribution < 1.29 is 19.2 Å². The standard InChI is InChI=1S/C16H21NO3/c18-14(12-17-7-3-1-2-4-8-17)13-5-6-15-16(11-13)20-10-9-19-15/h5-6,11H,1-4,7-10,12H2/p+1. The van der Waals surface area contributed by atoms with Crippen molar-refractivity contribution in [1.82, 2.24) is 0 Å². The van der Waals surface area contributed by atoms with Crippen LogP contribution in [0.5, 0.6) is 11.5 Å². The van der Waals surface area contributed by atoms with Crippen LogP contribution in [0.4, 0.5) is 0 Å². The number of rotatable bonds is 3. The number of quaternary nitrogens is 1. The average Bonchev–Trinajstić information content (AvgIpc) is 2.75. The molecule has 2 aliphatic rings. The third-order valence-electron chi connectivity index (χ3n) is 4.09. The van der Waals surface area contributed by atoms with E-state index in [1.54, 1.807) is 0 Å². The number of benzene rings is 1. The molecular weight excluding hydrogens is 254 g/mol. The number of nitrogens with one attached hydrogen (secondary N) is 1. The molecule has 0 amide bonds. The molecule has 0 atom stereocenters. The molecule has 1 fully saturated rings. The highest BCUT2D eigenvalue weighted by atomic mass is 16.6. The van der Waals surface area contributed by atoms with Gasteiger partial charge in [0.25, 0.3) is 0 Å². The minimum atomic E-state index is 0.207. The van der Waals surface area contributed by atoms with E-state index >= 15 is 0 Å². The highest BCUT2D eigenvalue weighted by Gasteiger charge is 2.20. The van der Waals surface area contributed by atoms with E-state index in [1.807, 2.05) is 18.2 Å². The first-order valence-corrected chi connectivity index (χ1v) is 7.59. The second-order valence-corrected chi connectivity index (χ2v) is 5.62. The van der Waals surface area contributed by atoms with E-state index in [1.165, 1.54) is 30.6 Å². The Hall–Kier alpha value is -1.55. The summed E-state index contributed by atoms with van der Waals surface area (Å²) >= 11 is 0. The first-order chi connectivity index (χ1) is 9.83. The molecule has 0 aliphatic carbocycles. The molecule has 4 heteroatoms. The number of hydrogen-bond donors (Lipinski definition) is 1. The smallest absolute Gasteiger partial charge is 0.216 e. The summed E-state index contributed by atoms with van der Waals surface area (Å²) in [5.74, 6) is 1.65. The molecule has 0 unspecified atom stereocenters. The van der Waals surface area contributed by atoms with Crippen LogP contribution in [-0.4, -0.2) is 38.6 Å². The molecule has 20 heavy (non-hydrogen) atoms. The number of hydrogen-bond acceptors (Lipinski definition) is 3. The van der Waals surface area contributed by atoms with Crippen LogP contribution in [0.2, 0.25) is 0 Å². The largest absolute Gasteiger partial charge is 0.486 e. The molecule has 0 spiro atoms. The van der Waals surface area contributed by atoms with Crippen molar-refractivity contribution in [2.75, 3.05) is 32.8 Å². The molecule has 2 aliphatic heterocycles. The topological polar surface area (TPSA) is 40.0 Å². The Morgan fingerprint density at radius 1 is 1.00 bits per heavy atom. The van der Waals surface area contributed by atoms with Gasteiger partial charge in [0.05, 0.1) is 13.1 Å². The van der Waals surface area contributed by atoms with Crippen molar-refractivity contribution in [2.45, 2.75) is 25.7 Å². The van der Waals surface area contributed by atoms with Gasteiger partial charge in [-0.15, -0.1) is 0 Å². The first kappa shape index (κ1) is 13.4. The number of ketones is 1. The number of ether oxygens (including phenoxy) is 2. The predicted octanol–water partition coefficient (Wildman–Crippen LogP) is 1.10. The van der Waals surface area contributed by atoms with E-state index in [0.717, 1.165) is 24.4 Å². The van der Waals surface area contributed by atoms with Crippen LogP contribution in [0, 0.1) is 0 Å². The molecule has 1 aromatic rings. The lowest BCUT2D eigenvalue weighted by atomic mass is 10.1. The van der Waals surface area contributed by atoms with Crippen LogP contribution >= 0.6 is 0 Å². The number of fused-ring (bicyclic) bond motifs is 1. The van der Waals surface area contributed by atoms with Crippen molar-refractivity contribution in [3.05, 3.63) is 23.8 Å². The maximum absolute atomic E-state index is 12.4. The Morgan fingerprint density at radius 2 is 1.70 bits per heavy atom. The van der Waals surface area contributed by atoms with Crippen LogP contribution < -0.4 is 14.4 Å². The highest BCUT2D eigenvalue weighted by molar-refractivity contribution is 5.97. The first-order valence-electron chi connectivity index (χ1n) is 7.59. The molecule has 0 aromatic heterocycles. The Balaban J connectivity index is 1.67. The summed E-state index contributed by atoms with van der Waals surface area (Å²) in [5.41, 5.74) is 0.742. The lowest BCUT2D eigenvalue weighted by Gasteiger charge is -2.19. The van der Waals surface area contributed by atoms with Crippen molar-refractivity contribution >= 4 is 5.78 Å². The fourth-order valence-electron chi connectivity index (χ4n) is 2.95. The summed E-state index contributed by atoms with van der Waals surface area (Å²) in [5, 5.41) is 0. The molecule has 0 radical (unpaired) electrons. The Labute approximate surface area is 119 Å².